The Bertz CT molecular complexity index is 806. The van der Waals surface area contributed by atoms with Gasteiger partial charge in [0.2, 0.25) is 0 Å². The van der Waals surface area contributed by atoms with Gasteiger partial charge in [0.1, 0.15) is 6.61 Å². The molecule has 0 aliphatic heterocycles. The number of methoxy groups -OCH3 is 2. The highest BCUT2D eigenvalue weighted by molar-refractivity contribution is 6.07. The highest BCUT2D eigenvalue weighted by atomic mass is 16.5. The molecule has 0 amide bonds. The number of carbonyl (C=O) groups is 1. The van der Waals surface area contributed by atoms with Crippen LogP contribution in [0.4, 0.5) is 0 Å². The van der Waals surface area contributed by atoms with E-state index in [0.29, 0.717) is 35.8 Å². The summed E-state index contributed by atoms with van der Waals surface area (Å²) in [4.78, 5) is 12.3. The van der Waals surface area contributed by atoms with E-state index in [2.05, 4.69) is 6.07 Å². The number of hydrogen-bond acceptors (Lipinski definition) is 5. The van der Waals surface area contributed by atoms with Crippen LogP contribution in [0.5, 0.6) is 11.5 Å². The van der Waals surface area contributed by atoms with Gasteiger partial charge in [-0.05, 0) is 42.0 Å². The first-order chi connectivity index (χ1) is 12.2. The lowest BCUT2D eigenvalue weighted by molar-refractivity contribution is 0.104. The van der Waals surface area contributed by atoms with Crippen molar-refractivity contribution in [3.8, 4) is 17.6 Å². The summed E-state index contributed by atoms with van der Waals surface area (Å²) in [6, 6.07) is 14.1. The minimum atomic E-state index is -0.163. The number of carbonyl (C=O) groups excluding carboxylic acids is 1. The normalized spacial score (nSPS) is 10.4. The van der Waals surface area contributed by atoms with Crippen molar-refractivity contribution in [2.24, 2.45) is 0 Å². The average molecular weight is 337 g/mol. The summed E-state index contributed by atoms with van der Waals surface area (Å²) in [5, 5.41) is 8.90. The lowest BCUT2D eigenvalue weighted by Gasteiger charge is -2.11. The van der Waals surface area contributed by atoms with Crippen molar-refractivity contribution < 1.29 is 19.0 Å². The van der Waals surface area contributed by atoms with Crippen LogP contribution in [0.25, 0.3) is 6.08 Å². The maximum atomic E-state index is 12.3. The van der Waals surface area contributed by atoms with Gasteiger partial charge in [-0.1, -0.05) is 18.2 Å². The number of ether oxygens (including phenoxy) is 3. The molecule has 0 fully saturated rings. The summed E-state index contributed by atoms with van der Waals surface area (Å²) in [6.45, 7) is 0.865. The van der Waals surface area contributed by atoms with Crippen molar-refractivity contribution in [1.82, 2.24) is 0 Å². The molecule has 0 heterocycles. The first-order valence-corrected chi connectivity index (χ1v) is 7.70. The Balaban J connectivity index is 2.13. The molecule has 0 atom stereocenters. The van der Waals surface area contributed by atoms with E-state index in [-0.39, 0.29) is 5.78 Å². The second-order valence-electron chi connectivity index (χ2n) is 5.14. The molecule has 0 N–H and O–H groups in total. The molecular formula is C20H19NO4. The van der Waals surface area contributed by atoms with E-state index in [9.17, 15) is 4.79 Å². The Morgan fingerprint density at radius 1 is 1.12 bits per heavy atom. The number of nitriles is 1. The smallest absolute Gasteiger partial charge is 0.185 e. The topological polar surface area (TPSA) is 68.5 Å². The first-order valence-electron chi connectivity index (χ1n) is 7.70. The molecule has 0 aliphatic carbocycles. The van der Waals surface area contributed by atoms with Gasteiger partial charge in [-0.15, -0.1) is 0 Å². The molecule has 2 rings (SSSR count). The van der Waals surface area contributed by atoms with Crippen LogP contribution < -0.4 is 9.47 Å². The molecule has 128 valence electrons. The average Bonchev–Trinajstić information content (AvgIpc) is 2.66. The quantitative estimate of drug-likeness (QED) is 0.419. The number of benzene rings is 2. The SMILES string of the molecule is COCCOc1ccc(C(=O)/C=C\c2cccc(C#N)c2)cc1OC. The summed E-state index contributed by atoms with van der Waals surface area (Å²) >= 11 is 0. The largest absolute Gasteiger partial charge is 0.493 e. The predicted molar refractivity (Wildman–Crippen MR) is 94.9 cm³/mol. The van der Waals surface area contributed by atoms with E-state index in [1.165, 1.54) is 13.2 Å². The van der Waals surface area contributed by atoms with E-state index >= 15 is 0 Å². The zero-order valence-electron chi connectivity index (χ0n) is 14.2. The Hall–Kier alpha value is -3.10. The molecule has 0 radical (unpaired) electrons. The molecule has 0 aliphatic rings. The van der Waals surface area contributed by atoms with E-state index in [1.807, 2.05) is 6.07 Å². The fourth-order valence-corrected chi connectivity index (χ4v) is 2.16. The summed E-state index contributed by atoms with van der Waals surface area (Å²) < 4.78 is 15.8. The summed E-state index contributed by atoms with van der Waals surface area (Å²) in [7, 11) is 3.12. The van der Waals surface area contributed by atoms with Gasteiger partial charge in [0, 0.05) is 12.7 Å². The molecule has 0 bridgehead atoms. The van der Waals surface area contributed by atoms with E-state index in [4.69, 9.17) is 19.5 Å². The second-order valence-corrected chi connectivity index (χ2v) is 5.14. The Labute approximate surface area is 147 Å². The molecule has 0 aromatic heterocycles. The van der Waals surface area contributed by atoms with Gasteiger partial charge < -0.3 is 14.2 Å². The highest BCUT2D eigenvalue weighted by Gasteiger charge is 2.09. The van der Waals surface area contributed by atoms with Crippen LogP contribution in [0.2, 0.25) is 0 Å². The van der Waals surface area contributed by atoms with Crippen LogP contribution >= 0.6 is 0 Å². The Kier molecular flexibility index (Phi) is 6.76. The van der Waals surface area contributed by atoms with Gasteiger partial charge in [-0.2, -0.15) is 5.26 Å². The zero-order chi connectivity index (χ0) is 18.1. The molecule has 5 nitrogen and oxygen atoms in total. The molecule has 25 heavy (non-hydrogen) atoms. The minimum Gasteiger partial charge on any atom is -0.493 e. The first kappa shape index (κ1) is 18.2. The molecule has 0 saturated heterocycles. The van der Waals surface area contributed by atoms with Gasteiger partial charge in [0.25, 0.3) is 0 Å². The standard InChI is InChI=1S/C20H19NO4/c1-23-10-11-25-19-9-7-17(13-20(19)24-2)18(22)8-6-15-4-3-5-16(12-15)14-21/h3-9,12-13H,10-11H2,1-2H3/b8-6-. The van der Waals surface area contributed by atoms with Gasteiger partial charge in [-0.3, -0.25) is 4.79 Å². The number of hydrogen-bond donors (Lipinski definition) is 0. The molecule has 0 spiro atoms. The third kappa shape index (κ3) is 5.20. The van der Waals surface area contributed by atoms with Gasteiger partial charge in [0.05, 0.1) is 25.3 Å². The summed E-state index contributed by atoms with van der Waals surface area (Å²) in [5.41, 5.74) is 1.83. The van der Waals surface area contributed by atoms with Crippen molar-refractivity contribution in [2.75, 3.05) is 27.4 Å². The molecule has 5 heteroatoms. The van der Waals surface area contributed by atoms with Crippen molar-refractivity contribution in [3.63, 3.8) is 0 Å². The fourth-order valence-electron chi connectivity index (χ4n) is 2.16. The van der Waals surface area contributed by atoms with E-state index in [1.54, 1.807) is 49.6 Å². The minimum absolute atomic E-state index is 0.163. The molecule has 0 unspecified atom stereocenters. The lowest BCUT2D eigenvalue weighted by Crippen LogP contribution is -2.06. The number of nitrogens with zero attached hydrogens (tertiary/aromatic N) is 1. The maximum absolute atomic E-state index is 12.3. The lowest BCUT2D eigenvalue weighted by atomic mass is 10.1. The van der Waals surface area contributed by atoms with Crippen LogP contribution in [0, 0.1) is 11.3 Å². The third-order valence-electron chi connectivity index (χ3n) is 3.44. The molecular weight excluding hydrogens is 318 g/mol. The van der Waals surface area contributed by atoms with Crippen molar-refractivity contribution in [1.29, 1.82) is 5.26 Å². The number of ketones is 1. The summed E-state index contributed by atoms with van der Waals surface area (Å²) in [5.74, 6) is 0.882. The maximum Gasteiger partial charge on any atom is 0.185 e. The van der Waals surface area contributed by atoms with E-state index in [0.717, 1.165) is 5.56 Å². The molecule has 2 aromatic carbocycles. The Morgan fingerprint density at radius 3 is 2.68 bits per heavy atom. The van der Waals surface area contributed by atoms with E-state index < -0.39 is 0 Å². The van der Waals surface area contributed by atoms with Crippen LogP contribution in [0.15, 0.2) is 48.5 Å². The predicted octanol–water partition coefficient (Wildman–Crippen LogP) is 3.49. The van der Waals surface area contributed by atoms with Crippen LogP contribution in [-0.4, -0.2) is 33.2 Å². The van der Waals surface area contributed by atoms with Gasteiger partial charge in [-0.25, -0.2) is 0 Å². The van der Waals surface area contributed by atoms with Crippen LogP contribution in [0.3, 0.4) is 0 Å². The highest BCUT2D eigenvalue weighted by Crippen LogP contribution is 2.28. The number of rotatable bonds is 8. The zero-order valence-corrected chi connectivity index (χ0v) is 14.2. The molecule has 2 aromatic rings. The monoisotopic (exact) mass is 337 g/mol. The third-order valence-corrected chi connectivity index (χ3v) is 3.44. The van der Waals surface area contributed by atoms with Gasteiger partial charge >= 0.3 is 0 Å². The van der Waals surface area contributed by atoms with Gasteiger partial charge in [0.15, 0.2) is 17.3 Å². The summed E-state index contributed by atoms with van der Waals surface area (Å²) in [6.07, 6.45) is 3.15. The van der Waals surface area contributed by atoms with Crippen molar-refractivity contribution in [3.05, 3.63) is 65.2 Å². The number of allylic oxidation sites excluding steroid dienone is 1. The van der Waals surface area contributed by atoms with Crippen molar-refractivity contribution >= 4 is 11.9 Å². The fraction of sp³-hybridized carbons (Fsp3) is 0.200. The van der Waals surface area contributed by atoms with Crippen LogP contribution in [0.1, 0.15) is 21.5 Å². The second kappa shape index (κ2) is 9.26. The van der Waals surface area contributed by atoms with Crippen molar-refractivity contribution in [2.45, 2.75) is 0 Å². The van der Waals surface area contributed by atoms with Crippen LogP contribution in [-0.2, 0) is 4.74 Å². The Morgan fingerprint density at radius 2 is 1.96 bits per heavy atom. The molecule has 0 saturated carbocycles.